The lowest BCUT2D eigenvalue weighted by Gasteiger charge is -2.10. The molecule has 0 aromatic heterocycles. The summed E-state index contributed by atoms with van der Waals surface area (Å²) in [4.78, 5) is 1.27. The van der Waals surface area contributed by atoms with Crippen LogP contribution in [0.1, 0.15) is 18.1 Å². The highest BCUT2D eigenvalue weighted by molar-refractivity contribution is 7.98. The van der Waals surface area contributed by atoms with Crippen molar-refractivity contribution in [3.05, 3.63) is 42.5 Å². The van der Waals surface area contributed by atoms with Gasteiger partial charge in [0, 0.05) is 4.90 Å². The Kier molecular flexibility index (Phi) is 3.38. The molecule has 1 heteroatoms. The van der Waals surface area contributed by atoms with E-state index >= 15 is 0 Å². The lowest BCUT2D eigenvalue weighted by atomic mass is 10.0. The van der Waals surface area contributed by atoms with Crippen LogP contribution >= 0.6 is 11.8 Å². The zero-order valence-corrected chi connectivity index (χ0v) is 8.95. The van der Waals surface area contributed by atoms with Gasteiger partial charge in [0.05, 0.1) is 0 Å². The van der Waals surface area contributed by atoms with E-state index in [9.17, 15) is 0 Å². The lowest BCUT2D eigenvalue weighted by Crippen LogP contribution is -1.87. The molecule has 0 nitrogen and oxygen atoms in total. The maximum atomic E-state index is 3.98. The third kappa shape index (κ3) is 2.04. The molecule has 68 valence electrons. The van der Waals surface area contributed by atoms with Gasteiger partial charge >= 0.3 is 0 Å². The van der Waals surface area contributed by atoms with Gasteiger partial charge in [-0.05, 0) is 35.9 Å². The monoisotopic (exact) mass is 190 g/mol. The first kappa shape index (κ1) is 10.1. The molecule has 1 rings (SSSR count). The molecule has 0 fully saturated rings. The molecule has 0 aliphatic heterocycles. The van der Waals surface area contributed by atoms with Gasteiger partial charge in [-0.1, -0.05) is 31.4 Å². The second kappa shape index (κ2) is 4.33. The quantitative estimate of drug-likeness (QED) is 0.647. The van der Waals surface area contributed by atoms with Gasteiger partial charge in [0.1, 0.15) is 0 Å². The third-order valence-corrected chi connectivity index (χ3v) is 2.71. The van der Waals surface area contributed by atoms with Crippen molar-refractivity contribution >= 4 is 23.4 Å². The van der Waals surface area contributed by atoms with Crippen LogP contribution in [-0.4, -0.2) is 6.26 Å². The van der Waals surface area contributed by atoms with E-state index in [1.165, 1.54) is 16.0 Å². The molecule has 0 unspecified atom stereocenters. The Labute approximate surface area is 84.4 Å². The Bertz CT molecular complexity index is 337. The zero-order valence-electron chi connectivity index (χ0n) is 8.13. The molecule has 0 aliphatic rings. The van der Waals surface area contributed by atoms with Crippen molar-refractivity contribution in [2.45, 2.75) is 11.8 Å². The summed E-state index contributed by atoms with van der Waals surface area (Å²) in [5, 5.41) is 0. The van der Waals surface area contributed by atoms with Gasteiger partial charge in [-0.25, -0.2) is 0 Å². The third-order valence-electron chi connectivity index (χ3n) is 1.93. The molecule has 0 saturated heterocycles. The van der Waals surface area contributed by atoms with Crippen LogP contribution in [-0.2, 0) is 0 Å². The molecule has 1 aromatic carbocycles. The molecule has 13 heavy (non-hydrogen) atoms. The van der Waals surface area contributed by atoms with Gasteiger partial charge in [0.15, 0.2) is 0 Å². The molecular formula is C12H14S. The van der Waals surface area contributed by atoms with Crippen LogP contribution in [0.2, 0.25) is 0 Å². The van der Waals surface area contributed by atoms with Crippen molar-refractivity contribution in [2.24, 2.45) is 0 Å². The molecule has 0 aliphatic carbocycles. The molecule has 0 radical (unpaired) electrons. The van der Waals surface area contributed by atoms with E-state index in [0.717, 1.165) is 5.57 Å². The van der Waals surface area contributed by atoms with Crippen LogP contribution < -0.4 is 0 Å². The van der Waals surface area contributed by atoms with Crippen LogP contribution in [0, 0.1) is 0 Å². The van der Waals surface area contributed by atoms with Crippen molar-refractivity contribution in [1.29, 1.82) is 0 Å². The Balaban J connectivity index is 3.38. The van der Waals surface area contributed by atoms with Crippen LogP contribution in [0.25, 0.3) is 11.6 Å². The van der Waals surface area contributed by atoms with Gasteiger partial charge in [0.25, 0.3) is 0 Å². The molecule has 0 N–H and O–H groups in total. The van der Waals surface area contributed by atoms with Crippen molar-refractivity contribution < 1.29 is 0 Å². The maximum absolute atomic E-state index is 3.98. The number of benzene rings is 1. The second-order valence-electron chi connectivity index (χ2n) is 2.91. The first-order valence-electron chi connectivity index (χ1n) is 4.16. The van der Waals surface area contributed by atoms with E-state index in [0.29, 0.717) is 0 Å². The molecule has 0 saturated carbocycles. The van der Waals surface area contributed by atoms with E-state index in [1.54, 1.807) is 11.8 Å². The fraction of sp³-hybridized carbons (Fsp3) is 0.167. The minimum Gasteiger partial charge on any atom is -0.129 e. The molecular weight excluding hydrogens is 176 g/mol. The minimum absolute atomic E-state index is 1.10. The SMILES string of the molecule is C=Cc1cccc(SC)c1C(=C)C. The van der Waals surface area contributed by atoms with E-state index in [-0.39, 0.29) is 0 Å². The summed E-state index contributed by atoms with van der Waals surface area (Å²) in [5.41, 5.74) is 3.49. The predicted octanol–water partition coefficient (Wildman–Crippen LogP) is 4.08. The molecule has 0 spiro atoms. The highest BCUT2D eigenvalue weighted by Crippen LogP contribution is 2.29. The summed E-state index contributed by atoms with van der Waals surface area (Å²) < 4.78 is 0. The number of allylic oxidation sites excluding steroid dienone is 1. The molecule has 0 heterocycles. The largest absolute Gasteiger partial charge is 0.129 e. The molecule has 1 aromatic rings. The summed E-state index contributed by atoms with van der Waals surface area (Å²) in [6.07, 6.45) is 3.96. The molecule has 0 bridgehead atoms. The zero-order chi connectivity index (χ0) is 9.84. The Hall–Kier alpha value is -0.950. The topological polar surface area (TPSA) is 0 Å². The maximum Gasteiger partial charge on any atom is 0.0150 e. The number of hydrogen-bond acceptors (Lipinski definition) is 1. The van der Waals surface area contributed by atoms with Crippen LogP contribution in [0.3, 0.4) is 0 Å². The average Bonchev–Trinajstić information content (AvgIpc) is 2.16. The summed E-state index contributed by atoms with van der Waals surface area (Å²) in [5.74, 6) is 0. The van der Waals surface area contributed by atoms with E-state index in [1.807, 2.05) is 13.0 Å². The second-order valence-corrected chi connectivity index (χ2v) is 3.76. The standard InChI is InChI=1S/C12H14S/c1-5-10-7-6-8-11(13-4)12(10)9(2)3/h5-8H,1-2H2,3-4H3. The normalized spacial score (nSPS) is 9.69. The predicted molar refractivity (Wildman–Crippen MR) is 63.0 cm³/mol. The molecule has 0 amide bonds. The summed E-state index contributed by atoms with van der Waals surface area (Å²) in [6, 6.07) is 6.23. The highest BCUT2D eigenvalue weighted by atomic mass is 32.2. The highest BCUT2D eigenvalue weighted by Gasteiger charge is 2.05. The first-order valence-corrected chi connectivity index (χ1v) is 5.38. The van der Waals surface area contributed by atoms with E-state index in [4.69, 9.17) is 0 Å². The Morgan fingerprint density at radius 1 is 1.46 bits per heavy atom. The molecule has 0 atom stereocenters. The Morgan fingerprint density at radius 2 is 2.15 bits per heavy atom. The first-order chi connectivity index (χ1) is 6.20. The van der Waals surface area contributed by atoms with Crippen molar-refractivity contribution in [3.63, 3.8) is 0 Å². The smallest absolute Gasteiger partial charge is 0.0150 e. The summed E-state index contributed by atoms with van der Waals surface area (Å²) in [7, 11) is 0. The fourth-order valence-corrected chi connectivity index (χ4v) is 2.06. The lowest BCUT2D eigenvalue weighted by molar-refractivity contribution is 1.37. The van der Waals surface area contributed by atoms with E-state index in [2.05, 4.69) is 37.6 Å². The van der Waals surface area contributed by atoms with Crippen LogP contribution in [0.4, 0.5) is 0 Å². The number of thioether (sulfide) groups is 1. The number of hydrogen-bond donors (Lipinski definition) is 0. The van der Waals surface area contributed by atoms with Crippen LogP contribution in [0.5, 0.6) is 0 Å². The van der Waals surface area contributed by atoms with Gasteiger partial charge < -0.3 is 0 Å². The van der Waals surface area contributed by atoms with Crippen LogP contribution in [0.15, 0.2) is 36.3 Å². The summed E-state index contributed by atoms with van der Waals surface area (Å²) >= 11 is 1.74. The average molecular weight is 190 g/mol. The minimum atomic E-state index is 1.10. The van der Waals surface area contributed by atoms with Gasteiger partial charge in [-0.3, -0.25) is 0 Å². The number of rotatable bonds is 3. The van der Waals surface area contributed by atoms with Crippen molar-refractivity contribution in [3.8, 4) is 0 Å². The van der Waals surface area contributed by atoms with Gasteiger partial charge in [-0.2, -0.15) is 0 Å². The fourth-order valence-electron chi connectivity index (χ4n) is 1.35. The van der Waals surface area contributed by atoms with Gasteiger partial charge in [0.2, 0.25) is 0 Å². The van der Waals surface area contributed by atoms with E-state index < -0.39 is 0 Å². The van der Waals surface area contributed by atoms with Crippen molar-refractivity contribution in [1.82, 2.24) is 0 Å². The Morgan fingerprint density at radius 3 is 2.62 bits per heavy atom. The summed E-state index contributed by atoms with van der Waals surface area (Å²) in [6.45, 7) is 9.81. The van der Waals surface area contributed by atoms with Gasteiger partial charge in [-0.15, -0.1) is 11.8 Å². The van der Waals surface area contributed by atoms with Crippen molar-refractivity contribution in [2.75, 3.05) is 6.26 Å².